The van der Waals surface area contributed by atoms with Crippen LogP contribution in [0.1, 0.15) is 11.1 Å². The molecule has 0 heterocycles. The SMILES string of the molecule is Cc1cc(O)ccc1NC(=O)Cc1cccc2ccccc12. The first-order valence-corrected chi connectivity index (χ1v) is 7.19. The Kier molecular flexibility index (Phi) is 3.79. The van der Waals surface area contributed by atoms with Crippen LogP contribution in [0.5, 0.6) is 5.75 Å². The van der Waals surface area contributed by atoms with Crippen molar-refractivity contribution in [2.45, 2.75) is 13.3 Å². The van der Waals surface area contributed by atoms with E-state index in [4.69, 9.17) is 0 Å². The van der Waals surface area contributed by atoms with Crippen molar-refractivity contribution in [3.63, 3.8) is 0 Å². The highest BCUT2D eigenvalue weighted by atomic mass is 16.3. The highest BCUT2D eigenvalue weighted by Gasteiger charge is 2.08. The number of carbonyl (C=O) groups excluding carboxylic acids is 1. The lowest BCUT2D eigenvalue weighted by Gasteiger charge is -2.10. The minimum atomic E-state index is -0.0647. The summed E-state index contributed by atoms with van der Waals surface area (Å²) in [4.78, 5) is 12.3. The molecule has 0 spiro atoms. The third-order valence-corrected chi connectivity index (χ3v) is 3.72. The maximum absolute atomic E-state index is 12.3. The van der Waals surface area contributed by atoms with E-state index >= 15 is 0 Å². The molecule has 110 valence electrons. The van der Waals surface area contributed by atoms with Crippen LogP contribution in [0.2, 0.25) is 0 Å². The number of phenols is 1. The van der Waals surface area contributed by atoms with Gasteiger partial charge in [-0.15, -0.1) is 0 Å². The number of hydrogen-bond donors (Lipinski definition) is 2. The maximum Gasteiger partial charge on any atom is 0.228 e. The number of aryl methyl sites for hydroxylation is 1. The van der Waals surface area contributed by atoms with Gasteiger partial charge in [-0.1, -0.05) is 42.5 Å². The number of rotatable bonds is 3. The van der Waals surface area contributed by atoms with Gasteiger partial charge in [0.25, 0.3) is 0 Å². The zero-order valence-corrected chi connectivity index (χ0v) is 12.3. The molecule has 0 atom stereocenters. The molecule has 0 aliphatic rings. The average Bonchev–Trinajstić information content (AvgIpc) is 2.50. The highest BCUT2D eigenvalue weighted by molar-refractivity contribution is 5.96. The minimum Gasteiger partial charge on any atom is -0.508 e. The van der Waals surface area contributed by atoms with E-state index in [0.717, 1.165) is 27.6 Å². The molecule has 3 aromatic rings. The second-order valence-electron chi connectivity index (χ2n) is 5.36. The molecule has 0 aliphatic carbocycles. The Hall–Kier alpha value is -2.81. The first kappa shape index (κ1) is 14.1. The van der Waals surface area contributed by atoms with Gasteiger partial charge in [0, 0.05) is 5.69 Å². The zero-order valence-electron chi connectivity index (χ0n) is 12.3. The number of aromatic hydroxyl groups is 1. The summed E-state index contributed by atoms with van der Waals surface area (Å²) in [5.41, 5.74) is 2.57. The second-order valence-corrected chi connectivity index (χ2v) is 5.36. The van der Waals surface area contributed by atoms with Gasteiger partial charge < -0.3 is 10.4 Å². The van der Waals surface area contributed by atoms with Crippen LogP contribution in [0.3, 0.4) is 0 Å². The standard InChI is InChI=1S/C19H17NO2/c1-13-11-16(21)9-10-18(13)20-19(22)12-15-7-4-6-14-5-2-3-8-17(14)15/h2-11,21H,12H2,1H3,(H,20,22). The van der Waals surface area contributed by atoms with E-state index < -0.39 is 0 Å². The van der Waals surface area contributed by atoms with Gasteiger partial charge in [0.1, 0.15) is 5.75 Å². The van der Waals surface area contributed by atoms with E-state index in [-0.39, 0.29) is 11.7 Å². The minimum absolute atomic E-state index is 0.0647. The van der Waals surface area contributed by atoms with Crippen molar-refractivity contribution < 1.29 is 9.90 Å². The number of hydrogen-bond acceptors (Lipinski definition) is 2. The van der Waals surface area contributed by atoms with Gasteiger partial charge >= 0.3 is 0 Å². The predicted molar refractivity (Wildman–Crippen MR) is 89.1 cm³/mol. The second kappa shape index (κ2) is 5.90. The number of anilines is 1. The van der Waals surface area contributed by atoms with Gasteiger partial charge in [-0.25, -0.2) is 0 Å². The summed E-state index contributed by atoms with van der Waals surface area (Å²) < 4.78 is 0. The number of fused-ring (bicyclic) bond motifs is 1. The molecule has 0 aliphatic heterocycles. The van der Waals surface area contributed by atoms with Crippen molar-refractivity contribution in [3.05, 3.63) is 71.8 Å². The fourth-order valence-corrected chi connectivity index (χ4v) is 2.60. The Labute approximate surface area is 129 Å². The van der Waals surface area contributed by atoms with Crippen LogP contribution in [0.25, 0.3) is 10.8 Å². The normalized spacial score (nSPS) is 10.6. The Balaban J connectivity index is 1.81. The molecule has 3 heteroatoms. The Bertz CT molecular complexity index is 834. The summed E-state index contributed by atoms with van der Waals surface area (Å²) >= 11 is 0. The van der Waals surface area contributed by atoms with Gasteiger partial charge in [-0.2, -0.15) is 0 Å². The molecule has 3 nitrogen and oxygen atoms in total. The van der Waals surface area contributed by atoms with Crippen LogP contribution in [0.4, 0.5) is 5.69 Å². The van der Waals surface area contributed by atoms with Crippen LogP contribution in [-0.4, -0.2) is 11.0 Å². The molecule has 0 saturated carbocycles. The average molecular weight is 291 g/mol. The van der Waals surface area contributed by atoms with Gasteiger partial charge in [-0.3, -0.25) is 4.79 Å². The molecule has 3 rings (SSSR count). The number of phenolic OH excluding ortho intramolecular Hbond substituents is 1. The van der Waals surface area contributed by atoms with Crippen molar-refractivity contribution >= 4 is 22.4 Å². The van der Waals surface area contributed by atoms with Crippen molar-refractivity contribution in [1.82, 2.24) is 0 Å². The van der Waals surface area contributed by atoms with Gasteiger partial charge in [-0.05, 0) is 47.0 Å². The van der Waals surface area contributed by atoms with Crippen LogP contribution < -0.4 is 5.32 Å². The van der Waals surface area contributed by atoms with Crippen molar-refractivity contribution in [1.29, 1.82) is 0 Å². The van der Waals surface area contributed by atoms with Crippen LogP contribution in [0.15, 0.2) is 60.7 Å². The van der Waals surface area contributed by atoms with Crippen LogP contribution >= 0.6 is 0 Å². The van der Waals surface area contributed by atoms with Crippen LogP contribution in [-0.2, 0) is 11.2 Å². The topological polar surface area (TPSA) is 49.3 Å². The maximum atomic E-state index is 12.3. The van der Waals surface area contributed by atoms with E-state index in [1.807, 2.05) is 49.4 Å². The molecule has 22 heavy (non-hydrogen) atoms. The van der Waals surface area contributed by atoms with Crippen molar-refractivity contribution in [3.8, 4) is 5.75 Å². The molecule has 1 amide bonds. The largest absolute Gasteiger partial charge is 0.508 e. The van der Waals surface area contributed by atoms with Crippen molar-refractivity contribution in [2.24, 2.45) is 0 Å². The molecule has 0 fully saturated rings. The Morgan fingerprint density at radius 1 is 1.05 bits per heavy atom. The lowest BCUT2D eigenvalue weighted by atomic mass is 10.0. The monoisotopic (exact) mass is 291 g/mol. The molecular weight excluding hydrogens is 274 g/mol. The number of benzene rings is 3. The third kappa shape index (κ3) is 2.93. The summed E-state index contributed by atoms with van der Waals surface area (Å²) in [7, 11) is 0. The molecule has 2 N–H and O–H groups in total. The molecule has 0 aromatic heterocycles. The van der Waals surface area contributed by atoms with Gasteiger partial charge in [0.05, 0.1) is 6.42 Å². The molecule has 3 aromatic carbocycles. The lowest BCUT2D eigenvalue weighted by molar-refractivity contribution is -0.115. The molecular formula is C19H17NO2. The number of carbonyl (C=O) groups is 1. The van der Waals surface area contributed by atoms with Gasteiger partial charge in [0.15, 0.2) is 0 Å². The van der Waals surface area contributed by atoms with E-state index in [9.17, 15) is 9.90 Å². The van der Waals surface area contributed by atoms with E-state index in [1.165, 1.54) is 0 Å². The van der Waals surface area contributed by atoms with Crippen molar-refractivity contribution in [2.75, 3.05) is 5.32 Å². The Morgan fingerprint density at radius 2 is 1.82 bits per heavy atom. The summed E-state index contributed by atoms with van der Waals surface area (Å²) in [6, 6.07) is 19.0. The zero-order chi connectivity index (χ0) is 15.5. The van der Waals surface area contributed by atoms with E-state index in [1.54, 1.807) is 18.2 Å². The first-order valence-electron chi connectivity index (χ1n) is 7.19. The summed E-state index contributed by atoms with van der Waals surface area (Å²) in [6.07, 6.45) is 0.321. The summed E-state index contributed by atoms with van der Waals surface area (Å²) in [5.74, 6) is 0.134. The molecule has 0 saturated heterocycles. The predicted octanol–water partition coefficient (Wildman–Crippen LogP) is 4.04. The third-order valence-electron chi connectivity index (χ3n) is 3.72. The highest BCUT2D eigenvalue weighted by Crippen LogP contribution is 2.22. The Morgan fingerprint density at radius 3 is 2.64 bits per heavy atom. The molecule has 0 unspecified atom stereocenters. The van der Waals surface area contributed by atoms with E-state index in [2.05, 4.69) is 5.32 Å². The fraction of sp³-hybridized carbons (Fsp3) is 0.105. The summed E-state index contributed by atoms with van der Waals surface area (Å²) in [6.45, 7) is 1.85. The smallest absolute Gasteiger partial charge is 0.228 e. The van der Waals surface area contributed by atoms with Gasteiger partial charge in [0.2, 0.25) is 5.91 Å². The lowest BCUT2D eigenvalue weighted by Crippen LogP contribution is -2.15. The summed E-state index contributed by atoms with van der Waals surface area (Å²) in [5, 5.41) is 14.5. The number of nitrogens with one attached hydrogen (secondary N) is 1. The first-order chi connectivity index (χ1) is 10.6. The van der Waals surface area contributed by atoms with Crippen LogP contribution in [0, 0.1) is 6.92 Å². The molecule has 0 bridgehead atoms. The quantitative estimate of drug-likeness (QED) is 0.716. The molecule has 0 radical (unpaired) electrons. The number of amides is 1. The fourth-order valence-electron chi connectivity index (χ4n) is 2.60. The van der Waals surface area contributed by atoms with E-state index in [0.29, 0.717) is 6.42 Å².